The second-order valence-electron chi connectivity index (χ2n) is 4.80. The summed E-state index contributed by atoms with van der Waals surface area (Å²) in [5.41, 5.74) is 0.783. The molecule has 0 spiro atoms. The highest BCUT2D eigenvalue weighted by Gasteiger charge is 2.27. The SMILES string of the molecule is OC1(C/C=C/c2ccccc2)CCCCC1. The van der Waals surface area contributed by atoms with E-state index in [-0.39, 0.29) is 0 Å². The quantitative estimate of drug-likeness (QED) is 0.815. The summed E-state index contributed by atoms with van der Waals surface area (Å²) >= 11 is 0. The average molecular weight is 216 g/mol. The van der Waals surface area contributed by atoms with Crippen molar-refractivity contribution in [1.29, 1.82) is 0 Å². The Morgan fingerprint density at radius 3 is 2.44 bits per heavy atom. The molecule has 1 aliphatic rings. The third-order valence-corrected chi connectivity index (χ3v) is 3.39. The van der Waals surface area contributed by atoms with Crippen LogP contribution in [-0.2, 0) is 0 Å². The predicted molar refractivity (Wildman–Crippen MR) is 68.1 cm³/mol. The number of rotatable bonds is 3. The van der Waals surface area contributed by atoms with Crippen LogP contribution < -0.4 is 0 Å². The van der Waals surface area contributed by atoms with Crippen molar-refractivity contribution in [2.24, 2.45) is 0 Å². The topological polar surface area (TPSA) is 20.2 Å². The van der Waals surface area contributed by atoms with Crippen LogP contribution >= 0.6 is 0 Å². The van der Waals surface area contributed by atoms with Crippen molar-refractivity contribution >= 4 is 6.08 Å². The molecule has 2 rings (SSSR count). The normalized spacial score (nSPS) is 20.1. The molecule has 1 aromatic carbocycles. The lowest BCUT2D eigenvalue weighted by Gasteiger charge is -2.30. The molecule has 0 bridgehead atoms. The molecule has 16 heavy (non-hydrogen) atoms. The zero-order chi connectivity index (χ0) is 11.3. The average Bonchev–Trinajstić information content (AvgIpc) is 2.31. The lowest BCUT2D eigenvalue weighted by Crippen LogP contribution is -2.30. The van der Waals surface area contributed by atoms with Crippen LogP contribution in [0.3, 0.4) is 0 Å². The Bertz CT molecular complexity index is 334. The molecule has 86 valence electrons. The van der Waals surface area contributed by atoms with Crippen LogP contribution in [0.15, 0.2) is 36.4 Å². The van der Waals surface area contributed by atoms with Gasteiger partial charge >= 0.3 is 0 Å². The summed E-state index contributed by atoms with van der Waals surface area (Å²) in [4.78, 5) is 0. The molecular formula is C15H20O. The first-order valence-corrected chi connectivity index (χ1v) is 6.23. The summed E-state index contributed by atoms with van der Waals surface area (Å²) in [6.07, 6.45) is 10.6. The number of hydrogen-bond donors (Lipinski definition) is 1. The third-order valence-electron chi connectivity index (χ3n) is 3.39. The van der Waals surface area contributed by atoms with Gasteiger partial charge in [0.05, 0.1) is 5.60 Å². The highest BCUT2D eigenvalue weighted by atomic mass is 16.3. The molecular weight excluding hydrogens is 196 g/mol. The van der Waals surface area contributed by atoms with E-state index in [0.717, 1.165) is 19.3 Å². The minimum Gasteiger partial charge on any atom is -0.390 e. The molecule has 1 heteroatoms. The Hall–Kier alpha value is -1.08. The molecule has 0 amide bonds. The molecule has 0 aromatic heterocycles. The van der Waals surface area contributed by atoms with Crippen LogP contribution in [0, 0.1) is 0 Å². The first-order valence-electron chi connectivity index (χ1n) is 6.23. The predicted octanol–water partition coefficient (Wildman–Crippen LogP) is 3.79. The van der Waals surface area contributed by atoms with Gasteiger partial charge in [0.15, 0.2) is 0 Å². The van der Waals surface area contributed by atoms with Gasteiger partial charge in [0.2, 0.25) is 0 Å². The number of aliphatic hydroxyl groups is 1. The second-order valence-corrected chi connectivity index (χ2v) is 4.80. The van der Waals surface area contributed by atoms with Crippen molar-refractivity contribution in [3.05, 3.63) is 42.0 Å². The minimum atomic E-state index is -0.427. The Morgan fingerprint density at radius 2 is 1.75 bits per heavy atom. The van der Waals surface area contributed by atoms with Gasteiger partial charge in [-0.15, -0.1) is 0 Å². The lowest BCUT2D eigenvalue weighted by molar-refractivity contribution is 0.00711. The molecule has 0 heterocycles. The molecule has 1 fully saturated rings. The van der Waals surface area contributed by atoms with E-state index >= 15 is 0 Å². The highest BCUT2D eigenvalue weighted by Crippen LogP contribution is 2.31. The summed E-state index contributed by atoms with van der Waals surface area (Å²) in [7, 11) is 0. The van der Waals surface area contributed by atoms with Gasteiger partial charge in [0.1, 0.15) is 0 Å². The highest BCUT2D eigenvalue weighted by molar-refractivity contribution is 5.48. The van der Waals surface area contributed by atoms with Gasteiger partial charge in [0, 0.05) is 0 Å². The fourth-order valence-corrected chi connectivity index (χ4v) is 2.39. The molecule has 0 aliphatic heterocycles. The summed E-state index contributed by atoms with van der Waals surface area (Å²) < 4.78 is 0. The molecule has 0 unspecified atom stereocenters. The summed E-state index contributed by atoms with van der Waals surface area (Å²) in [5.74, 6) is 0. The molecule has 1 aliphatic carbocycles. The number of hydrogen-bond acceptors (Lipinski definition) is 1. The Balaban J connectivity index is 1.89. The van der Waals surface area contributed by atoms with Crippen molar-refractivity contribution in [2.75, 3.05) is 0 Å². The van der Waals surface area contributed by atoms with Gasteiger partial charge in [-0.3, -0.25) is 0 Å². The second kappa shape index (κ2) is 5.31. The van der Waals surface area contributed by atoms with Crippen molar-refractivity contribution in [3.8, 4) is 0 Å². The third kappa shape index (κ3) is 3.21. The van der Waals surface area contributed by atoms with Gasteiger partial charge < -0.3 is 5.11 Å². The van der Waals surface area contributed by atoms with Crippen LogP contribution in [0.1, 0.15) is 44.1 Å². The Labute approximate surface area is 97.8 Å². The largest absolute Gasteiger partial charge is 0.390 e. The maximum absolute atomic E-state index is 10.3. The molecule has 1 N–H and O–H groups in total. The molecule has 1 saturated carbocycles. The fraction of sp³-hybridized carbons (Fsp3) is 0.467. The van der Waals surface area contributed by atoms with Gasteiger partial charge in [-0.2, -0.15) is 0 Å². The van der Waals surface area contributed by atoms with Gasteiger partial charge in [0.25, 0.3) is 0 Å². The lowest BCUT2D eigenvalue weighted by atomic mass is 9.82. The van der Waals surface area contributed by atoms with Gasteiger partial charge in [-0.25, -0.2) is 0 Å². The fourth-order valence-electron chi connectivity index (χ4n) is 2.39. The molecule has 1 nitrogen and oxygen atoms in total. The standard InChI is InChI=1S/C15H20O/c16-15(11-5-2-6-12-15)13-7-10-14-8-3-1-4-9-14/h1,3-4,7-10,16H,2,5-6,11-13H2/b10-7+. The van der Waals surface area contributed by atoms with Crippen molar-refractivity contribution in [2.45, 2.75) is 44.1 Å². The minimum absolute atomic E-state index is 0.427. The monoisotopic (exact) mass is 216 g/mol. The first-order chi connectivity index (χ1) is 7.79. The van der Waals surface area contributed by atoms with Crippen LogP contribution in [0.5, 0.6) is 0 Å². The Morgan fingerprint density at radius 1 is 1.06 bits per heavy atom. The first kappa shape index (κ1) is 11.4. The van der Waals surface area contributed by atoms with E-state index in [1.165, 1.54) is 24.8 Å². The van der Waals surface area contributed by atoms with E-state index in [9.17, 15) is 5.11 Å². The zero-order valence-electron chi connectivity index (χ0n) is 9.73. The van der Waals surface area contributed by atoms with E-state index in [0.29, 0.717) is 0 Å². The summed E-state index contributed by atoms with van der Waals surface area (Å²) in [5, 5.41) is 10.3. The van der Waals surface area contributed by atoms with Crippen LogP contribution in [0.25, 0.3) is 6.08 Å². The van der Waals surface area contributed by atoms with E-state index in [1.54, 1.807) is 0 Å². The molecule has 1 aromatic rings. The summed E-state index contributed by atoms with van der Waals surface area (Å²) in [6, 6.07) is 10.3. The van der Waals surface area contributed by atoms with E-state index in [4.69, 9.17) is 0 Å². The maximum atomic E-state index is 10.3. The van der Waals surface area contributed by atoms with Crippen molar-refractivity contribution < 1.29 is 5.11 Å². The maximum Gasteiger partial charge on any atom is 0.0682 e. The summed E-state index contributed by atoms with van der Waals surface area (Å²) in [6.45, 7) is 0. The zero-order valence-corrected chi connectivity index (χ0v) is 9.73. The van der Waals surface area contributed by atoms with Crippen LogP contribution in [0.4, 0.5) is 0 Å². The van der Waals surface area contributed by atoms with E-state index < -0.39 is 5.60 Å². The van der Waals surface area contributed by atoms with Gasteiger partial charge in [-0.05, 0) is 24.8 Å². The van der Waals surface area contributed by atoms with Crippen molar-refractivity contribution in [1.82, 2.24) is 0 Å². The van der Waals surface area contributed by atoms with Crippen molar-refractivity contribution in [3.63, 3.8) is 0 Å². The molecule has 0 radical (unpaired) electrons. The molecule has 0 atom stereocenters. The van der Waals surface area contributed by atoms with E-state index in [2.05, 4.69) is 24.3 Å². The van der Waals surface area contributed by atoms with Crippen LogP contribution in [-0.4, -0.2) is 10.7 Å². The molecule has 0 saturated heterocycles. The van der Waals surface area contributed by atoms with Crippen LogP contribution in [0.2, 0.25) is 0 Å². The van der Waals surface area contributed by atoms with Gasteiger partial charge in [-0.1, -0.05) is 61.7 Å². The smallest absolute Gasteiger partial charge is 0.0682 e. The number of benzene rings is 1. The van der Waals surface area contributed by atoms with E-state index in [1.807, 2.05) is 18.2 Å². The Kier molecular flexibility index (Phi) is 3.79.